The first kappa shape index (κ1) is 13.6. The highest BCUT2D eigenvalue weighted by Gasteiger charge is 2.13. The van der Waals surface area contributed by atoms with Gasteiger partial charge in [-0.2, -0.15) is 8.42 Å². The maximum absolute atomic E-state index is 11.0. The number of carbonyl (C=O) groups is 1. The van der Waals surface area contributed by atoms with E-state index in [0.29, 0.717) is 0 Å². The van der Waals surface area contributed by atoms with Crippen LogP contribution in [0, 0.1) is 0 Å². The highest BCUT2D eigenvalue weighted by Crippen LogP contribution is 2.02. The minimum Gasteiger partial charge on any atom is -0.321 e. The summed E-state index contributed by atoms with van der Waals surface area (Å²) in [6.45, 7) is 6.61. The average molecular weight is 232 g/mol. The smallest absolute Gasteiger partial charge is 0.321 e. The minimum atomic E-state index is -4.74. The van der Waals surface area contributed by atoms with Gasteiger partial charge in [0.2, 0.25) is 0 Å². The van der Waals surface area contributed by atoms with Crippen molar-refractivity contribution in [2.75, 3.05) is 0 Å². The second kappa shape index (κ2) is 5.47. The SMILES string of the molecule is C=C/C(C)=C/C=C(\C)C(=O)OS(=O)(=O)O. The Balaban J connectivity index is 4.66. The number of hydrogen-bond acceptors (Lipinski definition) is 4. The third-order valence-electron chi connectivity index (χ3n) is 1.42. The van der Waals surface area contributed by atoms with E-state index in [9.17, 15) is 13.2 Å². The van der Waals surface area contributed by atoms with Gasteiger partial charge in [-0.15, -0.1) is 0 Å². The minimum absolute atomic E-state index is 0.0498. The van der Waals surface area contributed by atoms with Crippen molar-refractivity contribution in [2.45, 2.75) is 13.8 Å². The average Bonchev–Trinajstić information content (AvgIpc) is 2.10. The maximum atomic E-state index is 11.0. The lowest BCUT2D eigenvalue weighted by Crippen LogP contribution is -2.12. The zero-order chi connectivity index (χ0) is 12.1. The van der Waals surface area contributed by atoms with Gasteiger partial charge in [0.05, 0.1) is 0 Å². The van der Waals surface area contributed by atoms with Crippen LogP contribution in [0.1, 0.15) is 13.8 Å². The van der Waals surface area contributed by atoms with Gasteiger partial charge in [-0.05, 0) is 13.8 Å². The molecule has 0 rings (SSSR count). The summed E-state index contributed by atoms with van der Waals surface area (Å²) in [5, 5.41) is 0. The summed E-state index contributed by atoms with van der Waals surface area (Å²) in [7, 11) is -4.74. The lowest BCUT2D eigenvalue weighted by molar-refractivity contribution is -0.130. The van der Waals surface area contributed by atoms with Gasteiger partial charge in [0, 0.05) is 5.57 Å². The summed E-state index contributed by atoms with van der Waals surface area (Å²) in [4.78, 5) is 11.0. The second-order valence-corrected chi connectivity index (χ2v) is 3.79. The lowest BCUT2D eigenvalue weighted by atomic mass is 10.2. The second-order valence-electron chi connectivity index (χ2n) is 2.76. The van der Waals surface area contributed by atoms with Crippen molar-refractivity contribution in [2.24, 2.45) is 0 Å². The summed E-state index contributed by atoms with van der Waals surface area (Å²) in [6.07, 6.45) is 4.50. The number of allylic oxidation sites excluding steroid dienone is 4. The van der Waals surface area contributed by atoms with E-state index < -0.39 is 16.4 Å². The molecule has 0 unspecified atom stereocenters. The molecule has 6 heteroatoms. The van der Waals surface area contributed by atoms with Crippen LogP contribution in [-0.4, -0.2) is 18.9 Å². The molecule has 0 atom stereocenters. The van der Waals surface area contributed by atoms with E-state index in [-0.39, 0.29) is 5.57 Å². The van der Waals surface area contributed by atoms with Gasteiger partial charge in [-0.1, -0.05) is 30.4 Å². The Morgan fingerprint density at radius 2 is 1.87 bits per heavy atom. The molecule has 84 valence electrons. The van der Waals surface area contributed by atoms with Crippen molar-refractivity contribution in [1.29, 1.82) is 0 Å². The van der Waals surface area contributed by atoms with Crippen LogP contribution in [0.2, 0.25) is 0 Å². The molecule has 0 saturated heterocycles. The number of carbonyl (C=O) groups excluding carboxylic acids is 1. The number of hydrogen-bond donors (Lipinski definition) is 1. The third-order valence-corrected chi connectivity index (χ3v) is 1.78. The van der Waals surface area contributed by atoms with Crippen LogP contribution in [0.3, 0.4) is 0 Å². The van der Waals surface area contributed by atoms with Crippen molar-refractivity contribution in [3.63, 3.8) is 0 Å². The predicted molar refractivity (Wildman–Crippen MR) is 55.4 cm³/mol. The monoisotopic (exact) mass is 232 g/mol. The summed E-state index contributed by atoms with van der Waals surface area (Å²) < 4.78 is 32.3. The molecule has 0 amide bonds. The van der Waals surface area contributed by atoms with Gasteiger partial charge < -0.3 is 4.18 Å². The molecule has 0 spiro atoms. The van der Waals surface area contributed by atoms with E-state index in [1.807, 2.05) is 0 Å². The molecule has 0 aromatic rings. The highest BCUT2D eigenvalue weighted by atomic mass is 32.3. The van der Waals surface area contributed by atoms with E-state index >= 15 is 0 Å². The first-order valence-electron chi connectivity index (χ1n) is 3.95. The first-order valence-corrected chi connectivity index (χ1v) is 5.31. The van der Waals surface area contributed by atoms with Gasteiger partial charge in [0.15, 0.2) is 0 Å². The zero-order valence-corrected chi connectivity index (χ0v) is 9.24. The molecule has 0 heterocycles. The first-order chi connectivity index (χ1) is 6.76. The third kappa shape index (κ3) is 6.64. The molecule has 0 radical (unpaired) electrons. The molecular weight excluding hydrogens is 220 g/mol. The largest absolute Gasteiger partial charge is 0.449 e. The van der Waals surface area contributed by atoms with Gasteiger partial charge in [-0.25, -0.2) is 4.79 Å². The Hall–Kier alpha value is -1.40. The van der Waals surface area contributed by atoms with Crippen LogP contribution in [-0.2, 0) is 19.4 Å². The van der Waals surface area contributed by atoms with Crippen LogP contribution in [0.5, 0.6) is 0 Å². The van der Waals surface area contributed by atoms with Crippen LogP contribution in [0.25, 0.3) is 0 Å². The van der Waals surface area contributed by atoms with Crippen LogP contribution in [0.4, 0.5) is 0 Å². The molecular formula is C9H12O5S. The summed E-state index contributed by atoms with van der Waals surface area (Å²) >= 11 is 0. The maximum Gasteiger partial charge on any atom is 0.449 e. The quantitative estimate of drug-likeness (QED) is 0.450. The molecule has 0 aliphatic carbocycles. The van der Waals surface area contributed by atoms with Crippen LogP contribution in [0.15, 0.2) is 36.0 Å². The Morgan fingerprint density at radius 3 is 2.27 bits per heavy atom. The van der Waals surface area contributed by atoms with Crippen molar-refractivity contribution in [3.8, 4) is 0 Å². The normalized spacial score (nSPS) is 13.5. The topological polar surface area (TPSA) is 80.7 Å². The summed E-state index contributed by atoms with van der Waals surface area (Å²) in [5.74, 6) is -1.12. The van der Waals surface area contributed by atoms with Crippen molar-refractivity contribution in [3.05, 3.63) is 36.0 Å². The molecule has 0 aliphatic heterocycles. The molecule has 15 heavy (non-hydrogen) atoms. The fraction of sp³-hybridized carbons (Fsp3) is 0.222. The van der Waals surface area contributed by atoms with Crippen molar-refractivity contribution in [1.82, 2.24) is 0 Å². The lowest BCUT2D eigenvalue weighted by Gasteiger charge is -1.98. The van der Waals surface area contributed by atoms with Crippen molar-refractivity contribution >= 4 is 16.4 Å². The van der Waals surface area contributed by atoms with Gasteiger partial charge >= 0.3 is 16.4 Å². The Morgan fingerprint density at radius 1 is 1.33 bits per heavy atom. The molecule has 0 bridgehead atoms. The fourth-order valence-electron chi connectivity index (χ4n) is 0.554. The van der Waals surface area contributed by atoms with E-state index in [1.165, 1.54) is 13.0 Å². The Bertz CT molecular complexity index is 414. The van der Waals surface area contributed by atoms with Crippen LogP contribution < -0.4 is 0 Å². The molecule has 5 nitrogen and oxygen atoms in total. The predicted octanol–water partition coefficient (Wildman–Crippen LogP) is 1.41. The summed E-state index contributed by atoms with van der Waals surface area (Å²) in [6, 6.07) is 0. The fourth-order valence-corrected chi connectivity index (χ4v) is 0.877. The Labute approximate surface area is 88.7 Å². The molecule has 0 aliphatic rings. The molecule has 0 aromatic carbocycles. The van der Waals surface area contributed by atoms with E-state index in [4.69, 9.17) is 4.55 Å². The van der Waals surface area contributed by atoms with Gasteiger partial charge in [0.25, 0.3) is 0 Å². The molecule has 0 aromatic heterocycles. The Kier molecular flexibility index (Phi) is 4.96. The molecule has 0 saturated carbocycles. The van der Waals surface area contributed by atoms with E-state index in [2.05, 4.69) is 10.8 Å². The van der Waals surface area contributed by atoms with Gasteiger partial charge in [-0.3, -0.25) is 4.55 Å². The van der Waals surface area contributed by atoms with E-state index in [0.717, 1.165) is 5.57 Å². The number of rotatable bonds is 4. The van der Waals surface area contributed by atoms with Gasteiger partial charge in [0.1, 0.15) is 0 Å². The molecule has 0 fully saturated rings. The van der Waals surface area contributed by atoms with E-state index in [1.54, 1.807) is 19.1 Å². The summed E-state index contributed by atoms with van der Waals surface area (Å²) in [5.41, 5.74) is 0.850. The molecule has 1 N–H and O–H groups in total. The highest BCUT2D eigenvalue weighted by molar-refractivity contribution is 7.81. The zero-order valence-electron chi connectivity index (χ0n) is 8.43. The van der Waals surface area contributed by atoms with Crippen molar-refractivity contribution < 1.29 is 21.9 Å². The standard InChI is InChI=1S/C9H12O5S/c1-4-7(2)5-6-8(3)9(10)14-15(11,12)13/h4-6H,1H2,2-3H3,(H,11,12,13)/b7-5+,8-6+. The van der Waals surface area contributed by atoms with Crippen LogP contribution >= 0.6 is 0 Å².